The van der Waals surface area contributed by atoms with E-state index >= 15 is 0 Å². The minimum Gasteiger partial charge on any atom is -0.382 e. The maximum atomic E-state index is 5.78. The van der Waals surface area contributed by atoms with Gasteiger partial charge in [0.15, 0.2) is 0 Å². The number of rotatable bonds is 2. The summed E-state index contributed by atoms with van der Waals surface area (Å²) < 4.78 is 0. The Morgan fingerprint density at radius 3 is 2.53 bits per heavy atom. The molecule has 0 radical (unpaired) electrons. The van der Waals surface area contributed by atoms with Gasteiger partial charge in [-0.3, -0.25) is 0 Å². The van der Waals surface area contributed by atoms with Crippen LogP contribution in [0.15, 0.2) is 42.6 Å². The zero-order valence-electron chi connectivity index (χ0n) is 7.94. The lowest BCUT2D eigenvalue weighted by Crippen LogP contribution is -1.97. The molecule has 0 aliphatic heterocycles. The highest BCUT2D eigenvalue weighted by Gasteiger charge is 1.98. The number of nitrogens with two attached hydrogens (primary N) is 1. The van der Waals surface area contributed by atoms with E-state index in [0.29, 0.717) is 10.8 Å². The minimum atomic E-state index is 0.479. The van der Waals surface area contributed by atoms with Crippen LogP contribution in [0.25, 0.3) is 0 Å². The lowest BCUT2D eigenvalue weighted by atomic mass is 10.3. The quantitative estimate of drug-likeness (QED) is 0.816. The number of benzene rings is 1. The maximum Gasteiger partial charge on any atom is 0.147 e. The molecular formula is C11H10ClN3. The van der Waals surface area contributed by atoms with Crippen molar-refractivity contribution in [2.75, 3.05) is 11.1 Å². The van der Waals surface area contributed by atoms with Crippen molar-refractivity contribution < 1.29 is 0 Å². The average molecular weight is 220 g/mol. The lowest BCUT2D eigenvalue weighted by Gasteiger charge is -2.07. The van der Waals surface area contributed by atoms with Crippen molar-refractivity contribution in [1.82, 2.24) is 4.98 Å². The van der Waals surface area contributed by atoms with Gasteiger partial charge in [-0.25, -0.2) is 4.98 Å². The van der Waals surface area contributed by atoms with Crippen molar-refractivity contribution in [1.29, 1.82) is 0 Å². The van der Waals surface area contributed by atoms with Crippen molar-refractivity contribution in [3.63, 3.8) is 0 Å². The molecule has 0 atom stereocenters. The minimum absolute atomic E-state index is 0.479. The molecule has 1 aromatic carbocycles. The van der Waals surface area contributed by atoms with Gasteiger partial charge >= 0.3 is 0 Å². The van der Waals surface area contributed by atoms with Crippen molar-refractivity contribution in [3.05, 3.63) is 47.6 Å². The number of anilines is 3. The molecule has 3 N–H and O–H groups in total. The van der Waals surface area contributed by atoms with Gasteiger partial charge in [-0.1, -0.05) is 11.6 Å². The fraction of sp³-hybridized carbons (Fsp3) is 0. The van der Waals surface area contributed by atoms with Crippen LogP contribution in [-0.2, 0) is 0 Å². The van der Waals surface area contributed by atoms with Gasteiger partial charge in [0.05, 0.1) is 5.69 Å². The number of hydrogen-bond acceptors (Lipinski definition) is 3. The van der Waals surface area contributed by atoms with Crippen LogP contribution in [-0.4, -0.2) is 4.98 Å². The van der Waals surface area contributed by atoms with Crippen LogP contribution < -0.4 is 11.1 Å². The van der Waals surface area contributed by atoms with E-state index in [1.807, 2.05) is 36.4 Å². The van der Waals surface area contributed by atoms with E-state index in [0.717, 1.165) is 11.4 Å². The van der Waals surface area contributed by atoms with Gasteiger partial charge in [-0.15, -0.1) is 0 Å². The molecule has 0 bridgehead atoms. The Morgan fingerprint density at radius 1 is 1.13 bits per heavy atom. The predicted molar refractivity (Wildman–Crippen MR) is 63.4 cm³/mol. The molecule has 4 heteroatoms. The number of nitrogens with one attached hydrogen (secondary N) is 1. The van der Waals surface area contributed by atoms with Crippen LogP contribution in [0.3, 0.4) is 0 Å². The highest BCUT2D eigenvalue weighted by atomic mass is 35.5. The molecular weight excluding hydrogens is 210 g/mol. The third-order valence-corrected chi connectivity index (χ3v) is 2.21. The zero-order valence-corrected chi connectivity index (χ0v) is 8.70. The molecule has 0 unspecified atom stereocenters. The molecule has 2 aromatic rings. The van der Waals surface area contributed by atoms with Gasteiger partial charge in [0.1, 0.15) is 5.82 Å². The van der Waals surface area contributed by atoms with E-state index in [1.165, 1.54) is 0 Å². The standard InChI is InChI=1S/C11H10ClN3/c12-8-3-5-9(6-4-8)15-10-2-1-7-14-11(10)13/h1-7,15H,(H2,13,14). The number of pyridine rings is 1. The fourth-order valence-corrected chi connectivity index (χ4v) is 1.34. The first-order chi connectivity index (χ1) is 7.25. The monoisotopic (exact) mass is 219 g/mol. The number of hydrogen-bond donors (Lipinski definition) is 2. The Morgan fingerprint density at radius 2 is 1.87 bits per heavy atom. The van der Waals surface area contributed by atoms with E-state index in [4.69, 9.17) is 17.3 Å². The molecule has 0 fully saturated rings. The molecule has 1 aromatic heterocycles. The zero-order chi connectivity index (χ0) is 10.7. The smallest absolute Gasteiger partial charge is 0.147 e. The summed E-state index contributed by atoms with van der Waals surface area (Å²) in [5.74, 6) is 0.479. The van der Waals surface area contributed by atoms with Crippen molar-refractivity contribution >= 4 is 28.8 Å². The van der Waals surface area contributed by atoms with Gasteiger partial charge in [-0.2, -0.15) is 0 Å². The van der Waals surface area contributed by atoms with E-state index in [2.05, 4.69) is 10.3 Å². The van der Waals surface area contributed by atoms with Crippen LogP contribution in [0.5, 0.6) is 0 Å². The second kappa shape index (κ2) is 4.19. The first kappa shape index (κ1) is 9.80. The third kappa shape index (κ3) is 2.39. The lowest BCUT2D eigenvalue weighted by molar-refractivity contribution is 1.33. The molecule has 0 aliphatic carbocycles. The average Bonchev–Trinajstić information content (AvgIpc) is 2.25. The third-order valence-electron chi connectivity index (χ3n) is 1.96. The highest BCUT2D eigenvalue weighted by Crippen LogP contribution is 2.21. The second-order valence-electron chi connectivity index (χ2n) is 3.07. The molecule has 3 nitrogen and oxygen atoms in total. The molecule has 0 saturated carbocycles. The summed E-state index contributed by atoms with van der Waals surface area (Å²) >= 11 is 5.78. The molecule has 0 aliphatic rings. The topological polar surface area (TPSA) is 50.9 Å². The Bertz CT molecular complexity index is 454. The number of nitrogen functional groups attached to an aromatic ring is 1. The molecule has 15 heavy (non-hydrogen) atoms. The van der Waals surface area contributed by atoms with Gasteiger partial charge in [0.2, 0.25) is 0 Å². The van der Waals surface area contributed by atoms with Gasteiger partial charge in [-0.05, 0) is 36.4 Å². The van der Waals surface area contributed by atoms with Gasteiger partial charge in [0, 0.05) is 16.9 Å². The molecule has 0 saturated heterocycles. The molecule has 0 spiro atoms. The SMILES string of the molecule is Nc1ncccc1Nc1ccc(Cl)cc1. The van der Waals surface area contributed by atoms with E-state index in [9.17, 15) is 0 Å². The van der Waals surface area contributed by atoms with Crippen LogP contribution >= 0.6 is 11.6 Å². The highest BCUT2D eigenvalue weighted by molar-refractivity contribution is 6.30. The number of aromatic nitrogens is 1. The van der Waals surface area contributed by atoms with Crippen molar-refractivity contribution in [3.8, 4) is 0 Å². The van der Waals surface area contributed by atoms with Crippen LogP contribution in [0, 0.1) is 0 Å². The molecule has 1 heterocycles. The van der Waals surface area contributed by atoms with E-state index < -0.39 is 0 Å². The molecule has 0 amide bonds. The second-order valence-corrected chi connectivity index (χ2v) is 3.50. The van der Waals surface area contributed by atoms with Crippen LogP contribution in [0.4, 0.5) is 17.2 Å². The van der Waals surface area contributed by atoms with E-state index in [-0.39, 0.29) is 0 Å². The summed E-state index contributed by atoms with van der Waals surface area (Å²) in [7, 11) is 0. The molecule has 2 rings (SSSR count). The Balaban J connectivity index is 2.22. The number of halogens is 1. The van der Waals surface area contributed by atoms with Gasteiger partial charge in [0.25, 0.3) is 0 Å². The maximum absolute atomic E-state index is 5.78. The Kier molecular flexibility index (Phi) is 2.74. The van der Waals surface area contributed by atoms with Crippen LogP contribution in [0.1, 0.15) is 0 Å². The first-order valence-electron chi connectivity index (χ1n) is 4.49. The largest absolute Gasteiger partial charge is 0.382 e. The fourth-order valence-electron chi connectivity index (χ4n) is 1.21. The Labute approximate surface area is 92.9 Å². The van der Waals surface area contributed by atoms with Crippen molar-refractivity contribution in [2.24, 2.45) is 0 Å². The normalized spacial score (nSPS) is 9.93. The molecule has 76 valence electrons. The first-order valence-corrected chi connectivity index (χ1v) is 4.86. The summed E-state index contributed by atoms with van der Waals surface area (Å²) in [6, 6.07) is 11.1. The summed E-state index contributed by atoms with van der Waals surface area (Å²) in [4.78, 5) is 3.98. The number of nitrogens with zero attached hydrogens (tertiary/aromatic N) is 1. The van der Waals surface area contributed by atoms with Gasteiger partial charge < -0.3 is 11.1 Å². The van der Waals surface area contributed by atoms with Crippen molar-refractivity contribution in [2.45, 2.75) is 0 Å². The summed E-state index contributed by atoms with van der Waals surface area (Å²) in [6.07, 6.45) is 1.66. The summed E-state index contributed by atoms with van der Waals surface area (Å²) in [6.45, 7) is 0. The summed E-state index contributed by atoms with van der Waals surface area (Å²) in [5.41, 5.74) is 7.42. The van der Waals surface area contributed by atoms with E-state index in [1.54, 1.807) is 6.20 Å². The van der Waals surface area contributed by atoms with Crippen LogP contribution in [0.2, 0.25) is 5.02 Å². The summed E-state index contributed by atoms with van der Waals surface area (Å²) in [5, 5.41) is 3.86. The Hall–Kier alpha value is -1.74. The predicted octanol–water partition coefficient (Wildman–Crippen LogP) is 3.06.